The lowest BCUT2D eigenvalue weighted by molar-refractivity contribution is -0.146. The predicted molar refractivity (Wildman–Crippen MR) is 89.2 cm³/mol. The average Bonchev–Trinajstić information content (AvgIpc) is 2.97. The zero-order valence-corrected chi connectivity index (χ0v) is 14.2. The molecule has 1 aliphatic rings. The quantitative estimate of drug-likeness (QED) is 0.727. The molecule has 1 aromatic rings. The van der Waals surface area contributed by atoms with E-state index in [0.717, 1.165) is 0 Å². The lowest BCUT2D eigenvalue weighted by Gasteiger charge is -2.24. The summed E-state index contributed by atoms with van der Waals surface area (Å²) in [6.45, 7) is -0.321. The summed E-state index contributed by atoms with van der Waals surface area (Å²) in [6, 6.07) is 4.35. The summed E-state index contributed by atoms with van der Waals surface area (Å²) in [6.07, 6.45) is 0.361. The van der Waals surface area contributed by atoms with Crippen LogP contribution in [0.15, 0.2) is 18.2 Å². The number of carboxylic acid groups (broad SMARTS) is 1. The minimum absolute atomic E-state index is 0.233. The molecule has 9 heteroatoms. The normalized spacial score (nSPS) is 20.1. The Morgan fingerprint density at radius 2 is 2.00 bits per heavy atom. The number of hydrogen-bond donors (Lipinski definition) is 3. The van der Waals surface area contributed by atoms with Gasteiger partial charge in [-0.25, -0.2) is 4.79 Å². The third kappa shape index (κ3) is 4.31. The number of rotatable bonds is 5. The standard InChI is InChI=1S/C14H14Cl2N2O4S/c15-9-2-1-8(5-10(9)16)12(20)17-6-11(19)18-14(13(21)22)3-4-23-7-14/h1-2,5H,3-4,6-7H2,(H,17,20)(H,18,19)(H,21,22). The third-order valence-electron chi connectivity index (χ3n) is 3.40. The Balaban J connectivity index is 1.92. The second-order valence-electron chi connectivity index (χ2n) is 5.05. The molecule has 1 saturated heterocycles. The smallest absolute Gasteiger partial charge is 0.330 e. The van der Waals surface area contributed by atoms with Gasteiger partial charge < -0.3 is 15.7 Å². The molecule has 2 amide bonds. The molecule has 0 bridgehead atoms. The molecule has 0 aromatic heterocycles. The first-order chi connectivity index (χ1) is 10.8. The molecule has 0 radical (unpaired) electrons. The SMILES string of the molecule is O=C(CNC(=O)c1ccc(Cl)c(Cl)c1)NC1(C(=O)O)CCSC1. The van der Waals surface area contributed by atoms with Crippen LogP contribution in [-0.2, 0) is 9.59 Å². The van der Waals surface area contributed by atoms with Crippen molar-refractivity contribution in [2.45, 2.75) is 12.0 Å². The van der Waals surface area contributed by atoms with Gasteiger partial charge in [0.25, 0.3) is 5.91 Å². The first-order valence-electron chi connectivity index (χ1n) is 6.69. The van der Waals surface area contributed by atoms with Crippen molar-refractivity contribution in [1.29, 1.82) is 0 Å². The highest BCUT2D eigenvalue weighted by Gasteiger charge is 2.43. The Morgan fingerprint density at radius 1 is 1.26 bits per heavy atom. The van der Waals surface area contributed by atoms with Gasteiger partial charge in [-0.3, -0.25) is 9.59 Å². The number of benzene rings is 1. The zero-order valence-electron chi connectivity index (χ0n) is 11.9. The summed E-state index contributed by atoms with van der Waals surface area (Å²) in [7, 11) is 0. The first kappa shape index (κ1) is 17.9. The molecule has 2 rings (SSSR count). The fourth-order valence-corrected chi connectivity index (χ4v) is 3.72. The van der Waals surface area contributed by atoms with E-state index in [2.05, 4.69) is 10.6 Å². The van der Waals surface area contributed by atoms with Gasteiger partial charge in [-0.05, 0) is 30.4 Å². The van der Waals surface area contributed by atoms with Gasteiger partial charge in [0, 0.05) is 11.3 Å². The minimum atomic E-state index is -1.25. The number of halogens is 2. The molecular weight excluding hydrogens is 363 g/mol. The van der Waals surface area contributed by atoms with Crippen molar-refractivity contribution < 1.29 is 19.5 Å². The summed E-state index contributed by atoms with van der Waals surface area (Å²) in [5.41, 5.74) is -0.993. The van der Waals surface area contributed by atoms with Gasteiger partial charge in [0.15, 0.2) is 0 Å². The lowest BCUT2D eigenvalue weighted by atomic mass is 9.99. The van der Waals surface area contributed by atoms with Crippen molar-refractivity contribution in [3.05, 3.63) is 33.8 Å². The average molecular weight is 377 g/mol. The molecule has 1 unspecified atom stereocenters. The Bertz CT molecular complexity index is 648. The first-order valence-corrected chi connectivity index (χ1v) is 8.60. The van der Waals surface area contributed by atoms with Crippen molar-refractivity contribution in [3.63, 3.8) is 0 Å². The van der Waals surface area contributed by atoms with Crippen molar-refractivity contribution >= 4 is 52.7 Å². The topological polar surface area (TPSA) is 95.5 Å². The fraction of sp³-hybridized carbons (Fsp3) is 0.357. The van der Waals surface area contributed by atoms with E-state index in [1.807, 2.05) is 0 Å². The number of hydrogen-bond acceptors (Lipinski definition) is 4. The number of thioether (sulfide) groups is 1. The van der Waals surface area contributed by atoms with Crippen molar-refractivity contribution in [2.75, 3.05) is 18.1 Å². The van der Waals surface area contributed by atoms with Gasteiger partial charge in [-0.15, -0.1) is 0 Å². The Kier molecular flexibility index (Phi) is 5.78. The molecule has 1 fully saturated rings. The summed E-state index contributed by atoms with van der Waals surface area (Å²) in [5, 5.41) is 14.8. The molecule has 3 N–H and O–H groups in total. The molecule has 124 valence electrons. The number of aliphatic carboxylic acids is 1. The van der Waals surface area contributed by atoms with E-state index in [-0.39, 0.29) is 17.1 Å². The fourth-order valence-electron chi connectivity index (χ4n) is 2.10. The molecule has 0 saturated carbocycles. The van der Waals surface area contributed by atoms with Crippen molar-refractivity contribution in [3.8, 4) is 0 Å². The van der Waals surface area contributed by atoms with Crippen LogP contribution in [0.5, 0.6) is 0 Å². The van der Waals surface area contributed by atoms with Gasteiger partial charge in [-0.1, -0.05) is 23.2 Å². The summed E-state index contributed by atoms with van der Waals surface area (Å²) < 4.78 is 0. The Hall–Kier alpha value is -1.44. The zero-order chi connectivity index (χ0) is 17.0. The maximum Gasteiger partial charge on any atom is 0.330 e. The lowest BCUT2D eigenvalue weighted by Crippen LogP contribution is -2.56. The number of amides is 2. The minimum Gasteiger partial charge on any atom is -0.479 e. The summed E-state index contributed by atoms with van der Waals surface area (Å²) >= 11 is 13.1. The second kappa shape index (κ2) is 7.42. The van der Waals surface area contributed by atoms with Crippen molar-refractivity contribution in [1.82, 2.24) is 10.6 Å². The van der Waals surface area contributed by atoms with Crippen LogP contribution >= 0.6 is 35.0 Å². The summed E-state index contributed by atoms with van der Waals surface area (Å²) in [4.78, 5) is 35.2. The maximum absolute atomic E-state index is 12.0. The van der Waals surface area contributed by atoms with Crippen LogP contribution in [0.4, 0.5) is 0 Å². The van der Waals surface area contributed by atoms with E-state index >= 15 is 0 Å². The van der Waals surface area contributed by atoms with Crippen LogP contribution in [-0.4, -0.2) is 46.5 Å². The number of carbonyl (C=O) groups excluding carboxylic acids is 2. The van der Waals surface area contributed by atoms with Crippen LogP contribution in [0.1, 0.15) is 16.8 Å². The van der Waals surface area contributed by atoms with E-state index in [1.165, 1.54) is 30.0 Å². The molecule has 0 aliphatic carbocycles. The van der Waals surface area contributed by atoms with Gasteiger partial charge >= 0.3 is 5.97 Å². The molecule has 1 aliphatic heterocycles. The van der Waals surface area contributed by atoms with E-state index in [4.69, 9.17) is 23.2 Å². The van der Waals surface area contributed by atoms with Gasteiger partial charge in [-0.2, -0.15) is 11.8 Å². The molecule has 1 atom stereocenters. The summed E-state index contributed by atoms with van der Waals surface area (Å²) in [5.74, 6) is -1.13. The highest BCUT2D eigenvalue weighted by atomic mass is 35.5. The number of nitrogens with one attached hydrogen (secondary N) is 2. The third-order valence-corrected chi connectivity index (χ3v) is 5.33. The molecular formula is C14H14Cl2N2O4S. The van der Waals surface area contributed by atoms with E-state index < -0.39 is 23.3 Å². The van der Waals surface area contributed by atoms with Crippen LogP contribution in [0, 0.1) is 0 Å². The number of carboxylic acids is 1. The van der Waals surface area contributed by atoms with E-state index in [9.17, 15) is 19.5 Å². The maximum atomic E-state index is 12.0. The number of carbonyl (C=O) groups is 3. The van der Waals surface area contributed by atoms with Gasteiger partial charge in [0.1, 0.15) is 5.54 Å². The van der Waals surface area contributed by atoms with Crippen LogP contribution in [0.2, 0.25) is 10.0 Å². The molecule has 6 nitrogen and oxygen atoms in total. The monoisotopic (exact) mass is 376 g/mol. The Labute approximate surface area is 146 Å². The molecule has 1 heterocycles. The highest BCUT2D eigenvalue weighted by Crippen LogP contribution is 2.28. The van der Waals surface area contributed by atoms with E-state index in [0.29, 0.717) is 22.9 Å². The van der Waals surface area contributed by atoms with Crippen molar-refractivity contribution in [2.24, 2.45) is 0 Å². The van der Waals surface area contributed by atoms with Gasteiger partial charge in [0.2, 0.25) is 5.91 Å². The second-order valence-corrected chi connectivity index (χ2v) is 6.97. The van der Waals surface area contributed by atoms with Gasteiger partial charge in [0.05, 0.1) is 16.6 Å². The molecule has 23 heavy (non-hydrogen) atoms. The molecule has 1 aromatic carbocycles. The molecule has 0 spiro atoms. The van der Waals surface area contributed by atoms with Crippen LogP contribution in [0.25, 0.3) is 0 Å². The van der Waals surface area contributed by atoms with Crippen LogP contribution in [0.3, 0.4) is 0 Å². The van der Waals surface area contributed by atoms with E-state index in [1.54, 1.807) is 0 Å². The predicted octanol–water partition coefficient (Wildman–Crippen LogP) is 1.80. The van der Waals surface area contributed by atoms with Crippen LogP contribution < -0.4 is 10.6 Å². The Morgan fingerprint density at radius 3 is 2.57 bits per heavy atom. The highest BCUT2D eigenvalue weighted by molar-refractivity contribution is 7.99. The largest absolute Gasteiger partial charge is 0.479 e.